The van der Waals surface area contributed by atoms with E-state index >= 15 is 0 Å². The molecule has 0 saturated heterocycles. The van der Waals surface area contributed by atoms with Gasteiger partial charge < -0.3 is 8.92 Å². The van der Waals surface area contributed by atoms with E-state index in [1.165, 1.54) is 13.8 Å². The number of hydrogen-bond donors (Lipinski definition) is 0. The summed E-state index contributed by atoms with van der Waals surface area (Å²) in [6.07, 6.45) is 1.13. The Morgan fingerprint density at radius 2 is 1.62 bits per heavy atom. The molecule has 0 amide bonds. The summed E-state index contributed by atoms with van der Waals surface area (Å²) in [6, 6.07) is 0.956. The first-order valence-electron chi connectivity index (χ1n) is 12.6. The van der Waals surface area contributed by atoms with Crippen LogP contribution in [0.2, 0.25) is 0 Å². The van der Waals surface area contributed by atoms with Crippen LogP contribution in [0.25, 0.3) is 0 Å². The summed E-state index contributed by atoms with van der Waals surface area (Å²) >= 11 is 0. The van der Waals surface area contributed by atoms with Crippen LogP contribution < -0.4 is 8.49 Å². The normalized spacial score (nSPS) is 23.2. The maximum atomic E-state index is 13.3. The number of carbonyl (C=O) groups excluding carboxylic acids is 1. The number of benzene rings is 1. The number of fused-ring (bicyclic) bond motifs is 1. The molecule has 1 aliphatic carbocycles. The van der Waals surface area contributed by atoms with Crippen molar-refractivity contribution in [1.29, 1.82) is 0 Å². The Labute approximate surface area is 229 Å². The zero-order chi connectivity index (χ0) is 30.6. The molecule has 8 nitrogen and oxygen atoms in total. The van der Waals surface area contributed by atoms with E-state index in [1.807, 2.05) is 20.8 Å². The van der Waals surface area contributed by atoms with E-state index in [2.05, 4.69) is 4.18 Å². The fraction of sp³-hybridized carbons (Fsp3) is 0.708. The van der Waals surface area contributed by atoms with Crippen LogP contribution in [0, 0.1) is 24.7 Å². The Balaban J connectivity index is 2.13. The number of carbonyl (C=O) groups is 1. The van der Waals surface area contributed by atoms with Crippen LogP contribution >= 0.6 is 0 Å². The first-order valence-corrected chi connectivity index (χ1v) is 15.4. The van der Waals surface area contributed by atoms with Crippen molar-refractivity contribution in [3.8, 4) is 5.75 Å². The molecule has 0 unspecified atom stereocenters. The van der Waals surface area contributed by atoms with E-state index in [-0.39, 0.29) is 33.2 Å². The van der Waals surface area contributed by atoms with E-state index in [0.29, 0.717) is 6.42 Å². The number of nitrogens with zero attached hydrogens (tertiary/aromatic N) is 1. The van der Waals surface area contributed by atoms with Crippen molar-refractivity contribution in [2.24, 2.45) is 17.8 Å². The number of anilines is 1. The molecule has 2 aliphatic rings. The average Bonchev–Trinajstić information content (AvgIpc) is 3.21. The van der Waals surface area contributed by atoms with Crippen LogP contribution in [0.1, 0.15) is 69.6 Å². The summed E-state index contributed by atoms with van der Waals surface area (Å²) < 4.78 is 138. The minimum absolute atomic E-state index is 0.0101. The van der Waals surface area contributed by atoms with Crippen LogP contribution in [0.15, 0.2) is 6.07 Å². The average molecular weight is 624 g/mol. The first-order chi connectivity index (χ1) is 18.1. The van der Waals surface area contributed by atoms with Gasteiger partial charge in [0.1, 0.15) is 6.10 Å². The van der Waals surface area contributed by atoms with Gasteiger partial charge in [0.15, 0.2) is 5.75 Å². The van der Waals surface area contributed by atoms with Crippen molar-refractivity contribution >= 4 is 31.8 Å². The third-order valence-electron chi connectivity index (χ3n) is 7.51. The van der Waals surface area contributed by atoms with Gasteiger partial charge in [-0.25, -0.2) is 0 Å². The lowest BCUT2D eigenvalue weighted by atomic mass is 9.75. The Morgan fingerprint density at radius 3 is 2.15 bits per heavy atom. The van der Waals surface area contributed by atoms with E-state index in [9.17, 15) is 48.0 Å². The molecule has 1 saturated carbocycles. The maximum Gasteiger partial charge on any atom is 0.534 e. The highest BCUT2D eigenvalue weighted by atomic mass is 32.2. The molecular weight excluding hydrogens is 592 g/mol. The third kappa shape index (κ3) is 6.02. The number of hydrogen-bond acceptors (Lipinski definition) is 7. The molecule has 16 heteroatoms. The van der Waals surface area contributed by atoms with Crippen LogP contribution in [0.3, 0.4) is 0 Å². The Morgan fingerprint density at radius 1 is 1.02 bits per heavy atom. The lowest BCUT2D eigenvalue weighted by Gasteiger charge is -2.37. The van der Waals surface area contributed by atoms with Crippen LogP contribution in [-0.4, -0.2) is 46.5 Å². The van der Waals surface area contributed by atoms with Crippen molar-refractivity contribution < 1.29 is 56.9 Å². The zero-order valence-corrected chi connectivity index (χ0v) is 24.0. The number of sulfonamides is 1. The molecule has 1 aliphatic heterocycles. The predicted octanol–water partition coefficient (Wildman–Crippen LogP) is 5.54. The van der Waals surface area contributed by atoms with Gasteiger partial charge in [0.25, 0.3) is 0 Å². The molecule has 0 N–H and O–H groups in total. The summed E-state index contributed by atoms with van der Waals surface area (Å²) in [4.78, 5) is 13.3. The molecule has 0 radical (unpaired) electrons. The summed E-state index contributed by atoms with van der Waals surface area (Å²) in [5.74, 6) is -2.92. The van der Waals surface area contributed by atoms with Crippen molar-refractivity contribution in [3.63, 3.8) is 0 Å². The molecule has 4 atom stereocenters. The molecule has 0 spiro atoms. The summed E-state index contributed by atoms with van der Waals surface area (Å²) in [5.41, 5.74) is -13.4. The van der Waals surface area contributed by atoms with E-state index in [4.69, 9.17) is 4.74 Å². The fourth-order valence-corrected chi connectivity index (χ4v) is 6.92. The lowest BCUT2D eigenvalue weighted by Crippen LogP contribution is -2.39. The van der Waals surface area contributed by atoms with Gasteiger partial charge in [-0.15, -0.1) is 0 Å². The topological polar surface area (TPSA) is 107 Å². The Hall–Kier alpha value is -2.23. The third-order valence-corrected chi connectivity index (χ3v) is 10.0. The van der Waals surface area contributed by atoms with Crippen LogP contribution in [-0.2, 0) is 36.1 Å². The zero-order valence-electron chi connectivity index (χ0n) is 22.4. The predicted molar refractivity (Wildman–Crippen MR) is 132 cm³/mol. The van der Waals surface area contributed by atoms with Gasteiger partial charge in [0.2, 0.25) is 0 Å². The van der Waals surface area contributed by atoms with Crippen LogP contribution in [0.5, 0.6) is 5.75 Å². The van der Waals surface area contributed by atoms with Gasteiger partial charge in [-0.3, -0.25) is 9.10 Å². The Kier molecular flexibility index (Phi) is 8.78. The van der Waals surface area contributed by atoms with E-state index < -0.39 is 79.1 Å². The molecular formula is C24H31F6NO7S2. The van der Waals surface area contributed by atoms with Crippen molar-refractivity contribution in [1.82, 2.24) is 0 Å². The molecule has 228 valence electrons. The largest absolute Gasteiger partial charge is 0.534 e. The smallest absolute Gasteiger partial charge is 0.462 e. The molecule has 0 aromatic heterocycles. The van der Waals surface area contributed by atoms with E-state index in [0.717, 1.165) is 18.9 Å². The van der Waals surface area contributed by atoms with Gasteiger partial charge in [0, 0.05) is 17.7 Å². The van der Waals surface area contributed by atoms with E-state index in [1.54, 1.807) is 0 Å². The molecule has 1 aromatic rings. The van der Waals surface area contributed by atoms with Crippen LogP contribution in [0.4, 0.5) is 32.0 Å². The number of esters is 1. The van der Waals surface area contributed by atoms with Gasteiger partial charge in [0.05, 0.1) is 11.6 Å². The van der Waals surface area contributed by atoms with Gasteiger partial charge in [-0.05, 0) is 62.5 Å². The number of alkyl halides is 6. The second kappa shape index (κ2) is 10.9. The minimum Gasteiger partial charge on any atom is -0.462 e. The molecule has 0 bridgehead atoms. The van der Waals surface area contributed by atoms with Crippen molar-refractivity contribution in [3.05, 3.63) is 22.8 Å². The second-order valence-corrected chi connectivity index (χ2v) is 14.1. The van der Waals surface area contributed by atoms with Crippen molar-refractivity contribution in [2.45, 2.75) is 83.3 Å². The number of halogens is 6. The highest BCUT2D eigenvalue weighted by Gasteiger charge is 2.53. The number of aryl methyl sites for hydroxylation is 1. The van der Waals surface area contributed by atoms with Crippen molar-refractivity contribution in [2.75, 3.05) is 10.8 Å². The number of ether oxygens (including phenoxy) is 1. The highest BCUT2D eigenvalue weighted by Crippen LogP contribution is 2.47. The SMILES string of the molecule is Cc1cc2c(c(OS(=O)(=O)C(F)(F)F)c1[C@H](C)C(=O)O[C@@H]1C[C@H](C)CC[C@H]1C(C)C)CCN2S(=O)(=O)C(F)(F)F. The second-order valence-electron chi connectivity index (χ2n) is 10.7. The molecule has 1 fully saturated rings. The lowest BCUT2D eigenvalue weighted by molar-refractivity contribution is -0.157. The molecule has 1 heterocycles. The summed E-state index contributed by atoms with van der Waals surface area (Å²) in [5, 5.41) is 0. The molecule has 1 aromatic carbocycles. The fourth-order valence-electron chi connectivity index (χ4n) is 5.41. The highest BCUT2D eigenvalue weighted by molar-refractivity contribution is 7.93. The van der Waals surface area contributed by atoms with Gasteiger partial charge in [-0.2, -0.15) is 43.2 Å². The monoisotopic (exact) mass is 623 g/mol. The van der Waals surface area contributed by atoms with Gasteiger partial charge in [-0.1, -0.05) is 27.2 Å². The van der Waals surface area contributed by atoms with Gasteiger partial charge >= 0.3 is 37.1 Å². The first kappa shape index (κ1) is 32.3. The summed E-state index contributed by atoms with van der Waals surface area (Å²) in [7, 11) is -12.3. The number of rotatable bonds is 7. The molecule has 40 heavy (non-hydrogen) atoms. The quantitative estimate of drug-likeness (QED) is 0.170. The summed E-state index contributed by atoms with van der Waals surface area (Å²) in [6.45, 7) is 7.52. The molecule has 3 rings (SSSR count). The standard InChI is InChI=1S/C24H31F6NO7S2/c1-12(2)16-7-6-13(3)10-19(16)37-22(32)15(5)20-14(4)11-18-17(21(20)38-40(35,36)24(28,29)30)8-9-31(18)39(33,34)23(25,26)27/h11-13,15-16,19H,6-10H2,1-5H3/t13-,15+,16+,19-/m1/s1. The maximum absolute atomic E-state index is 13.3. The minimum atomic E-state index is -6.35. The Bertz CT molecular complexity index is 1360.